The van der Waals surface area contributed by atoms with Gasteiger partial charge in [0.1, 0.15) is 0 Å². The molecule has 0 aromatic rings. The van der Waals surface area contributed by atoms with E-state index in [0.29, 0.717) is 16.9 Å². The normalized spacial score (nSPS) is 26.1. The van der Waals surface area contributed by atoms with Crippen LogP contribution in [0.2, 0.25) is 0 Å². The maximum atomic E-state index is 3.55. The Balaban J connectivity index is 2.22. The largest absolute Gasteiger partial charge is 0.316 e. The summed E-state index contributed by atoms with van der Waals surface area (Å²) in [5.74, 6) is 0.832. The van der Waals surface area contributed by atoms with Gasteiger partial charge in [-0.05, 0) is 37.3 Å². The highest BCUT2D eigenvalue weighted by atomic mass is 15.0. The highest BCUT2D eigenvalue weighted by Crippen LogP contribution is 2.67. The van der Waals surface area contributed by atoms with Crippen LogP contribution in [0.3, 0.4) is 0 Å². The van der Waals surface area contributed by atoms with Crippen LogP contribution in [-0.2, 0) is 0 Å². The Morgan fingerprint density at radius 2 is 1.64 bits per heavy atom. The van der Waals surface area contributed by atoms with Crippen LogP contribution in [0.1, 0.15) is 34.6 Å². The average molecular weight is 198 g/mol. The van der Waals surface area contributed by atoms with Crippen LogP contribution < -0.4 is 10.6 Å². The van der Waals surface area contributed by atoms with Crippen LogP contribution in [0.25, 0.3) is 0 Å². The lowest BCUT2D eigenvalue weighted by Gasteiger charge is -2.11. The number of hydrogen-bond acceptors (Lipinski definition) is 2. The zero-order valence-electron chi connectivity index (χ0n) is 10.6. The maximum Gasteiger partial charge on any atom is 0.0161 e. The molecule has 84 valence electrons. The zero-order chi connectivity index (χ0) is 11.0. The van der Waals surface area contributed by atoms with E-state index in [-0.39, 0.29) is 0 Å². The van der Waals surface area contributed by atoms with Gasteiger partial charge in [-0.2, -0.15) is 0 Å². The zero-order valence-corrected chi connectivity index (χ0v) is 10.6. The smallest absolute Gasteiger partial charge is 0.0161 e. The first-order valence-electron chi connectivity index (χ1n) is 5.72. The summed E-state index contributed by atoms with van der Waals surface area (Å²) in [5, 5.41) is 6.78. The molecule has 0 aliphatic heterocycles. The van der Waals surface area contributed by atoms with Crippen molar-refractivity contribution in [3.8, 4) is 0 Å². The molecule has 1 unspecified atom stereocenters. The van der Waals surface area contributed by atoms with E-state index in [4.69, 9.17) is 0 Å². The van der Waals surface area contributed by atoms with Gasteiger partial charge in [-0.3, -0.25) is 0 Å². The van der Waals surface area contributed by atoms with Crippen molar-refractivity contribution in [3.63, 3.8) is 0 Å². The molecule has 2 N–H and O–H groups in total. The van der Waals surface area contributed by atoms with E-state index in [0.717, 1.165) is 19.0 Å². The van der Waals surface area contributed by atoms with Crippen molar-refractivity contribution in [1.29, 1.82) is 0 Å². The summed E-state index contributed by atoms with van der Waals surface area (Å²) in [5.41, 5.74) is 1.03. The van der Waals surface area contributed by atoms with Gasteiger partial charge in [0.05, 0.1) is 0 Å². The lowest BCUT2D eigenvalue weighted by atomic mass is 10.0. The first kappa shape index (κ1) is 12.0. The maximum absolute atomic E-state index is 3.55. The molecular formula is C12H26N2. The van der Waals surface area contributed by atoms with Crippen LogP contribution in [-0.4, -0.2) is 26.2 Å². The lowest BCUT2D eigenvalue weighted by molar-refractivity contribution is 0.457. The topological polar surface area (TPSA) is 24.1 Å². The van der Waals surface area contributed by atoms with Gasteiger partial charge in [-0.25, -0.2) is 0 Å². The molecule has 0 aromatic carbocycles. The van der Waals surface area contributed by atoms with E-state index < -0.39 is 0 Å². The highest BCUT2D eigenvalue weighted by Gasteiger charge is 2.63. The third kappa shape index (κ3) is 1.96. The molecule has 1 aliphatic carbocycles. The molecule has 2 heteroatoms. The number of hydrogen-bond donors (Lipinski definition) is 2. The molecule has 0 saturated heterocycles. The van der Waals surface area contributed by atoms with Gasteiger partial charge in [-0.1, -0.05) is 27.7 Å². The quantitative estimate of drug-likeness (QED) is 0.704. The summed E-state index contributed by atoms with van der Waals surface area (Å²) in [7, 11) is 2.01. The fourth-order valence-electron chi connectivity index (χ4n) is 2.39. The second-order valence-corrected chi connectivity index (χ2v) is 5.84. The van der Waals surface area contributed by atoms with Gasteiger partial charge < -0.3 is 10.6 Å². The lowest BCUT2D eigenvalue weighted by Crippen LogP contribution is -2.35. The van der Waals surface area contributed by atoms with Gasteiger partial charge in [0.15, 0.2) is 0 Å². The van der Waals surface area contributed by atoms with E-state index in [1.807, 2.05) is 7.05 Å². The molecule has 0 aromatic heterocycles. The van der Waals surface area contributed by atoms with E-state index in [2.05, 4.69) is 45.3 Å². The minimum absolute atomic E-state index is 0.517. The predicted molar refractivity (Wildman–Crippen MR) is 62.4 cm³/mol. The predicted octanol–water partition coefficient (Wildman–Crippen LogP) is 1.87. The number of nitrogens with one attached hydrogen (secondary N) is 2. The van der Waals surface area contributed by atoms with Crippen LogP contribution in [0, 0.1) is 16.7 Å². The molecule has 0 bridgehead atoms. The molecule has 0 heterocycles. The molecule has 1 rings (SSSR count). The molecule has 0 amide bonds. The van der Waals surface area contributed by atoms with Crippen LogP contribution in [0.5, 0.6) is 0 Å². The van der Waals surface area contributed by atoms with Crippen molar-refractivity contribution in [3.05, 3.63) is 0 Å². The van der Waals surface area contributed by atoms with Crippen molar-refractivity contribution >= 4 is 0 Å². The summed E-state index contributed by atoms with van der Waals surface area (Å²) < 4.78 is 0. The third-order valence-corrected chi connectivity index (χ3v) is 4.61. The summed E-state index contributed by atoms with van der Waals surface area (Å²) >= 11 is 0. The molecule has 2 nitrogen and oxygen atoms in total. The molecular weight excluding hydrogens is 172 g/mol. The van der Waals surface area contributed by atoms with E-state index in [9.17, 15) is 0 Å². The second-order valence-electron chi connectivity index (χ2n) is 5.84. The van der Waals surface area contributed by atoms with E-state index in [1.165, 1.54) is 0 Å². The third-order valence-electron chi connectivity index (χ3n) is 4.61. The molecule has 1 fully saturated rings. The summed E-state index contributed by atoms with van der Waals surface area (Å²) in [6, 6.07) is 0.569. The Morgan fingerprint density at radius 3 is 2.00 bits per heavy atom. The molecule has 14 heavy (non-hydrogen) atoms. The summed E-state index contributed by atoms with van der Waals surface area (Å²) in [6.45, 7) is 13.9. The van der Waals surface area contributed by atoms with Crippen molar-refractivity contribution in [2.24, 2.45) is 16.7 Å². The van der Waals surface area contributed by atoms with Crippen molar-refractivity contribution in [2.45, 2.75) is 40.7 Å². The van der Waals surface area contributed by atoms with Crippen LogP contribution in [0.15, 0.2) is 0 Å². The SMILES string of the molecule is CNC(C)CNCC1C(C)(C)C1(C)C. The molecule has 1 saturated carbocycles. The monoisotopic (exact) mass is 198 g/mol. The van der Waals surface area contributed by atoms with Gasteiger partial charge in [-0.15, -0.1) is 0 Å². The molecule has 0 radical (unpaired) electrons. The van der Waals surface area contributed by atoms with Crippen molar-refractivity contribution in [1.82, 2.24) is 10.6 Å². The minimum atomic E-state index is 0.517. The molecule has 1 aliphatic rings. The Labute approximate surface area is 88.8 Å². The van der Waals surface area contributed by atoms with E-state index >= 15 is 0 Å². The number of likely N-dealkylation sites (N-methyl/N-ethyl adjacent to an activating group) is 1. The molecule has 0 spiro atoms. The average Bonchev–Trinajstić information content (AvgIpc) is 2.47. The fraction of sp³-hybridized carbons (Fsp3) is 1.00. The van der Waals surface area contributed by atoms with Gasteiger partial charge >= 0.3 is 0 Å². The van der Waals surface area contributed by atoms with Crippen LogP contribution in [0.4, 0.5) is 0 Å². The second kappa shape index (κ2) is 3.82. The van der Waals surface area contributed by atoms with Gasteiger partial charge in [0.2, 0.25) is 0 Å². The van der Waals surface area contributed by atoms with E-state index in [1.54, 1.807) is 0 Å². The van der Waals surface area contributed by atoms with Crippen molar-refractivity contribution in [2.75, 3.05) is 20.1 Å². The van der Waals surface area contributed by atoms with Gasteiger partial charge in [0.25, 0.3) is 0 Å². The fourth-order valence-corrected chi connectivity index (χ4v) is 2.39. The molecule has 1 atom stereocenters. The summed E-state index contributed by atoms with van der Waals surface area (Å²) in [6.07, 6.45) is 0. The Morgan fingerprint density at radius 1 is 1.14 bits per heavy atom. The van der Waals surface area contributed by atoms with Gasteiger partial charge in [0, 0.05) is 12.6 Å². The highest BCUT2D eigenvalue weighted by molar-refractivity contribution is 5.12. The van der Waals surface area contributed by atoms with Crippen LogP contribution >= 0.6 is 0 Å². The Hall–Kier alpha value is -0.0800. The first-order valence-corrected chi connectivity index (χ1v) is 5.72. The van der Waals surface area contributed by atoms with Crippen molar-refractivity contribution < 1.29 is 0 Å². The Kier molecular flexibility index (Phi) is 3.27. The number of rotatable bonds is 5. The first-order chi connectivity index (χ1) is 6.34. The standard InChI is InChI=1S/C12H26N2/c1-9(13-6)7-14-8-10-11(2,3)12(10,4)5/h9-10,13-14H,7-8H2,1-6H3. The summed E-state index contributed by atoms with van der Waals surface area (Å²) in [4.78, 5) is 0. The minimum Gasteiger partial charge on any atom is -0.316 e. The Bertz CT molecular complexity index is 182.